The summed E-state index contributed by atoms with van der Waals surface area (Å²) < 4.78 is 44.4. The van der Waals surface area contributed by atoms with Crippen molar-refractivity contribution >= 4 is 40.8 Å². The highest BCUT2D eigenvalue weighted by Crippen LogP contribution is 2.32. The van der Waals surface area contributed by atoms with E-state index in [4.69, 9.17) is 4.52 Å². The van der Waals surface area contributed by atoms with E-state index in [0.29, 0.717) is 32.4 Å². The highest BCUT2D eigenvalue weighted by Gasteiger charge is 2.30. The molecule has 2 aromatic heterocycles. The first kappa shape index (κ1) is 22.6. The molecule has 0 aliphatic heterocycles. The largest absolute Gasteiger partial charge is 0.416 e. The molecular formula is C17H16F3N5O2S3. The lowest BCUT2D eigenvalue weighted by Gasteiger charge is -2.05. The van der Waals surface area contributed by atoms with E-state index in [0.717, 1.165) is 18.6 Å². The average Bonchev–Trinajstić information content (AvgIpc) is 3.38. The van der Waals surface area contributed by atoms with Crippen molar-refractivity contribution in [3.8, 4) is 11.4 Å². The van der Waals surface area contributed by atoms with Crippen molar-refractivity contribution in [3.05, 3.63) is 35.7 Å². The number of nitrogens with one attached hydrogen (secondary N) is 1. The van der Waals surface area contributed by atoms with E-state index < -0.39 is 11.7 Å². The second-order valence-corrected chi connectivity index (χ2v) is 9.27. The van der Waals surface area contributed by atoms with Crippen molar-refractivity contribution in [2.24, 2.45) is 0 Å². The number of hydrogen-bond donors (Lipinski definition) is 1. The van der Waals surface area contributed by atoms with Crippen molar-refractivity contribution in [2.45, 2.75) is 34.0 Å². The van der Waals surface area contributed by atoms with Crippen LogP contribution in [-0.4, -0.2) is 38.5 Å². The molecule has 160 valence electrons. The molecule has 0 spiro atoms. The van der Waals surface area contributed by atoms with Gasteiger partial charge >= 0.3 is 6.18 Å². The van der Waals surface area contributed by atoms with Crippen molar-refractivity contribution in [2.75, 3.05) is 12.3 Å². The molecule has 1 amide bonds. The van der Waals surface area contributed by atoms with Gasteiger partial charge in [-0.25, -0.2) is 0 Å². The van der Waals surface area contributed by atoms with E-state index in [9.17, 15) is 18.0 Å². The summed E-state index contributed by atoms with van der Waals surface area (Å²) in [6.07, 6.45) is -3.51. The summed E-state index contributed by atoms with van der Waals surface area (Å²) in [6.45, 7) is 2.63. The van der Waals surface area contributed by atoms with Gasteiger partial charge < -0.3 is 9.84 Å². The Bertz CT molecular complexity index is 976. The summed E-state index contributed by atoms with van der Waals surface area (Å²) in [6, 6.07) is 4.55. The van der Waals surface area contributed by atoms with Crippen LogP contribution in [0.25, 0.3) is 11.4 Å². The van der Waals surface area contributed by atoms with E-state index in [1.165, 1.54) is 47.0 Å². The summed E-state index contributed by atoms with van der Waals surface area (Å²) >= 11 is 4.01. The van der Waals surface area contributed by atoms with Crippen molar-refractivity contribution < 1.29 is 22.5 Å². The van der Waals surface area contributed by atoms with Gasteiger partial charge in [0.15, 0.2) is 8.68 Å². The maximum Gasteiger partial charge on any atom is 0.416 e. The zero-order chi connectivity index (χ0) is 21.6. The zero-order valence-electron chi connectivity index (χ0n) is 15.6. The molecule has 3 rings (SSSR count). The number of benzene rings is 1. The van der Waals surface area contributed by atoms with Crippen molar-refractivity contribution in [1.82, 2.24) is 25.7 Å². The number of nitrogens with zero attached hydrogens (tertiary/aromatic N) is 4. The van der Waals surface area contributed by atoms with Crippen LogP contribution in [0.2, 0.25) is 0 Å². The van der Waals surface area contributed by atoms with Crippen LogP contribution < -0.4 is 5.32 Å². The Hall–Kier alpha value is -2.12. The number of carbonyl (C=O) groups excluding carboxylic acids is 1. The number of amides is 1. The molecule has 0 aliphatic carbocycles. The maximum absolute atomic E-state index is 12.6. The van der Waals surface area contributed by atoms with Crippen LogP contribution in [-0.2, 0) is 16.7 Å². The summed E-state index contributed by atoms with van der Waals surface area (Å²) in [5.41, 5.74) is -0.308. The molecule has 0 saturated carbocycles. The average molecular weight is 476 g/mol. The fourth-order valence-corrected chi connectivity index (χ4v) is 4.81. The van der Waals surface area contributed by atoms with Gasteiger partial charge in [-0.2, -0.15) is 18.2 Å². The van der Waals surface area contributed by atoms with E-state index in [1.54, 1.807) is 0 Å². The Morgan fingerprint density at radius 3 is 2.53 bits per heavy atom. The molecule has 2 heterocycles. The highest BCUT2D eigenvalue weighted by molar-refractivity contribution is 8.03. The summed E-state index contributed by atoms with van der Waals surface area (Å²) in [4.78, 5) is 15.8. The summed E-state index contributed by atoms with van der Waals surface area (Å²) in [5.74, 6) is 1.10. The van der Waals surface area contributed by atoms with Gasteiger partial charge in [-0.1, -0.05) is 59.1 Å². The van der Waals surface area contributed by atoms with Crippen LogP contribution >= 0.6 is 34.9 Å². The van der Waals surface area contributed by atoms with Gasteiger partial charge in [0.2, 0.25) is 17.6 Å². The minimum atomic E-state index is -4.39. The van der Waals surface area contributed by atoms with E-state index >= 15 is 0 Å². The number of thioether (sulfide) groups is 2. The molecule has 0 atom stereocenters. The van der Waals surface area contributed by atoms with Gasteiger partial charge in [-0.15, -0.1) is 10.2 Å². The molecule has 13 heteroatoms. The maximum atomic E-state index is 12.6. The molecule has 1 aromatic carbocycles. The van der Waals surface area contributed by atoms with E-state index in [2.05, 4.69) is 25.7 Å². The van der Waals surface area contributed by atoms with Gasteiger partial charge in [-0.05, 0) is 18.6 Å². The van der Waals surface area contributed by atoms with Crippen molar-refractivity contribution in [1.29, 1.82) is 0 Å². The normalized spacial score (nSPS) is 11.6. The predicted octanol–water partition coefficient (Wildman–Crippen LogP) is 4.52. The van der Waals surface area contributed by atoms with Crippen molar-refractivity contribution in [3.63, 3.8) is 0 Å². The zero-order valence-corrected chi connectivity index (χ0v) is 18.1. The Balaban J connectivity index is 1.51. The summed E-state index contributed by atoms with van der Waals surface area (Å²) in [7, 11) is 0. The smallest absolute Gasteiger partial charge is 0.355 e. The Morgan fingerprint density at radius 1 is 1.17 bits per heavy atom. The third-order valence-electron chi connectivity index (χ3n) is 3.54. The van der Waals surface area contributed by atoms with Crippen LogP contribution in [0.5, 0.6) is 0 Å². The number of aromatic nitrogens is 4. The first-order valence-corrected chi connectivity index (χ1v) is 11.5. The van der Waals surface area contributed by atoms with Gasteiger partial charge in [0.25, 0.3) is 0 Å². The van der Waals surface area contributed by atoms with Crippen LogP contribution in [0.3, 0.4) is 0 Å². The molecule has 0 aliphatic rings. The Morgan fingerprint density at radius 2 is 1.87 bits per heavy atom. The quantitative estimate of drug-likeness (QED) is 0.452. The number of carbonyl (C=O) groups is 1. The lowest BCUT2D eigenvalue weighted by Crippen LogP contribution is -2.25. The van der Waals surface area contributed by atoms with Crippen LogP contribution in [0, 0.1) is 0 Å². The number of rotatable bonds is 9. The second-order valence-electron chi connectivity index (χ2n) is 5.85. The van der Waals surface area contributed by atoms with Gasteiger partial charge in [0, 0.05) is 12.1 Å². The van der Waals surface area contributed by atoms with Crippen LogP contribution in [0.15, 0.2) is 37.5 Å². The minimum Gasteiger partial charge on any atom is -0.355 e. The van der Waals surface area contributed by atoms with E-state index in [1.807, 2.05) is 6.92 Å². The molecule has 0 radical (unpaired) electrons. The molecule has 0 unspecified atom stereocenters. The molecule has 7 nitrogen and oxygen atoms in total. The SMILES string of the molecule is CCCNC(=O)CSc1nnc(SCc2nc(-c3ccc(C(F)(F)F)cc3)no2)s1. The molecule has 1 N–H and O–H groups in total. The standard InChI is InChI=1S/C17H16F3N5O2S3/c1-2-7-21-12(26)8-28-15-23-24-16(30-15)29-9-13-22-14(25-27-13)10-3-5-11(6-4-10)17(18,19)20/h3-6H,2,7-9H2,1H3,(H,21,26). The van der Waals surface area contributed by atoms with Gasteiger partial charge in [-0.3, -0.25) is 4.79 Å². The number of halogens is 3. The topological polar surface area (TPSA) is 93.8 Å². The van der Waals surface area contributed by atoms with Crippen LogP contribution in [0.1, 0.15) is 24.8 Å². The third-order valence-corrected chi connectivity index (χ3v) is 6.72. The van der Waals surface area contributed by atoms with Gasteiger partial charge in [0.05, 0.1) is 17.1 Å². The molecule has 30 heavy (non-hydrogen) atoms. The molecule has 0 bridgehead atoms. The predicted molar refractivity (Wildman–Crippen MR) is 108 cm³/mol. The minimum absolute atomic E-state index is 0.0482. The Kier molecular flexibility index (Phi) is 7.72. The molecular weight excluding hydrogens is 459 g/mol. The molecule has 0 saturated heterocycles. The highest BCUT2D eigenvalue weighted by atomic mass is 32.2. The first-order chi connectivity index (χ1) is 14.3. The molecule has 0 fully saturated rings. The third kappa shape index (κ3) is 6.44. The van der Waals surface area contributed by atoms with Crippen LogP contribution in [0.4, 0.5) is 13.2 Å². The molecule has 3 aromatic rings. The fourth-order valence-electron chi connectivity index (χ4n) is 2.12. The summed E-state index contributed by atoms with van der Waals surface area (Å²) in [5, 5.41) is 14.7. The first-order valence-electron chi connectivity index (χ1n) is 8.71. The Labute approximate surface area is 182 Å². The van der Waals surface area contributed by atoms with E-state index in [-0.39, 0.29) is 17.5 Å². The lowest BCUT2D eigenvalue weighted by atomic mass is 10.1. The number of hydrogen-bond acceptors (Lipinski definition) is 9. The lowest BCUT2D eigenvalue weighted by molar-refractivity contribution is -0.137. The monoisotopic (exact) mass is 475 g/mol. The fraction of sp³-hybridized carbons (Fsp3) is 0.353. The number of alkyl halides is 3. The van der Waals surface area contributed by atoms with Gasteiger partial charge in [0.1, 0.15) is 0 Å². The second kappa shape index (κ2) is 10.3.